The van der Waals surface area contributed by atoms with Gasteiger partial charge in [0.15, 0.2) is 0 Å². The highest BCUT2D eigenvalue weighted by molar-refractivity contribution is 6.05. The molecule has 0 radical (unpaired) electrons. The van der Waals surface area contributed by atoms with Crippen LogP contribution in [0, 0.1) is 0 Å². The number of aliphatic imine (C=N–C) groups is 1. The van der Waals surface area contributed by atoms with E-state index in [1.165, 1.54) is 16.3 Å². The molecule has 0 saturated heterocycles. The maximum absolute atomic E-state index is 13.5. The lowest BCUT2D eigenvalue weighted by molar-refractivity contribution is -0.187. The topological polar surface area (TPSA) is 106 Å². The molecule has 0 aromatic heterocycles. The van der Waals surface area contributed by atoms with Gasteiger partial charge in [0.2, 0.25) is 0 Å². The minimum atomic E-state index is -0.200. The first-order valence-electron chi connectivity index (χ1n) is 12.3. The van der Waals surface area contributed by atoms with Crippen LogP contribution in [0.3, 0.4) is 0 Å². The van der Waals surface area contributed by atoms with Gasteiger partial charge < -0.3 is 16.8 Å². The summed E-state index contributed by atoms with van der Waals surface area (Å²) < 4.78 is 0. The van der Waals surface area contributed by atoms with Gasteiger partial charge in [-0.1, -0.05) is 37.3 Å². The van der Waals surface area contributed by atoms with Crippen LogP contribution in [0.15, 0.2) is 71.2 Å². The summed E-state index contributed by atoms with van der Waals surface area (Å²) in [5, 5.41) is 4.82. The number of amidine groups is 1. The molecule has 7 nitrogen and oxygen atoms in total. The van der Waals surface area contributed by atoms with Crippen molar-refractivity contribution in [3.05, 3.63) is 82.9 Å². The number of hydrogen-bond donors (Lipinski definition) is 3. The average molecular weight is 482 g/mol. The zero-order chi connectivity index (χ0) is 25.1. The van der Waals surface area contributed by atoms with E-state index < -0.39 is 0 Å². The van der Waals surface area contributed by atoms with E-state index in [2.05, 4.69) is 34.6 Å². The number of rotatable bonds is 7. The lowest BCUT2D eigenvalue weighted by Crippen LogP contribution is -2.34. The normalized spacial score (nSPS) is 14.1. The third-order valence-electron chi connectivity index (χ3n) is 6.44. The maximum atomic E-state index is 13.5. The van der Waals surface area contributed by atoms with E-state index in [-0.39, 0.29) is 18.9 Å². The molecule has 0 atom stereocenters. The number of nitrogens with one attached hydrogen (secondary N) is 1. The third-order valence-corrected chi connectivity index (χ3v) is 6.44. The molecule has 1 amide bonds. The van der Waals surface area contributed by atoms with E-state index >= 15 is 0 Å². The largest absolute Gasteiger partial charge is 0.399 e. The van der Waals surface area contributed by atoms with Gasteiger partial charge in [-0.2, -0.15) is 0 Å². The predicted octanol–water partition coefficient (Wildman–Crippen LogP) is 5.05. The van der Waals surface area contributed by atoms with Crippen LogP contribution in [0.1, 0.15) is 36.5 Å². The summed E-state index contributed by atoms with van der Waals surface area (Å²) >= 11 is 0. The Morgan fingerprint density at radius 2 is 1.83 bits per heavy atom. The highest BCUT2D eigenvalue weighted by atomic mass is 16.7. The molecule has 3 aromatic rings. The summed E-state index contributed by atoms with van der Waals surface area (Å²) in [6, 6.07) is 20.0. The standard InChI is InChI=1S/C29H31N5O2/c1-2-13-34(36-18-19-3-8-25(30)9-4-19)29(35)24-15-22-6-5-21(16-27(22)33-28(31)17-24)20-7-10-26-23(14-20)11-12-32-26/h3-10,14-16,32H,2,11-13,17-18,30H2,1H3,(H2,31,33). The second-order valence-electron chi connectivity index (χ2n) is 9.19. The summed E-state index contributed by atoms with van der Waals surface area (Å²) in [5.74, 6) is 0.201. The van der Waals surface area contributed by atoms with Gasteiger partial charge >= 0.3 is 0 Å². The summed E-state index contributed by atoms with van der Waals surface area (Å²) in [4.78, 5) is 24.0. The Labute approximate surface area is 211 Å². The minimum absolute atomic E-state index is 0.200. The molecule has 2 aliphatic heterocycles. The molecule has 36 heavy (non-hydrogen) atoms. The van der Waals surface area contributed by atoms with Gasteiger partial charge in [0.05, 0.1) is 5.69 Å². The molecular weight excluding hydrogens is 450 g/mol. The number of anilines is 2. The molecule has 5 N–H and O–H groups in total. The SMILES string of the molecule is CCCN(OCc1ccc(N)cc1)C(=O)C1=Cc2ccc(-c3ccc4c(c3)CCN4)cc2N=C(N)C1. The van der Waals surface area contributed by atoms with Crippen molar-refractivity contribution in [3.63, 3.8) is 0 Å². The van der Waals surface area contributed by atoms with Crippen molar-refractivity contribution in [3.8, 4) is 11.1 Å². The Morgan fingerprint density at radius 1 is 1.06 bits per heavy atom. The van der Waals surface area contributed by atoms with Crippen LogP contribution in [0.4, 0.5) is 17.1 Å². The van der Waals surface area contributed by atoms with Crippen molar-refractivity contribution >= 4 is 34.9 Å². The van der Waals surface area contributed by atoms with Crippen molar-refractivity contribution in [2.24, 2.45) is 10.7 Å². The third kappa shape index (κ3) is 5.11. The van der Waals surface area contributed by atoms with Crippen LogP contribution >= 0.6 is 0 Å². The molecular formula is C29H31N5O2. The van der Waals surface area contributed by atoms with Gasteiger partial charge in [-0.05, 0) is 71.5 Å². The number of carbonyl (C=O) groups excluding carboxylic acids is 1. The van der Waals surface area contributed by atoms with Crippen molar-refractivity contribution in [1.82, 2.24) is 5.06 Å². The highest BCUT2D eigenvalue weighted by Crippen LogP contribution is 2.34. The molecule has 184 valence electrons. The summed E-state index contributed by atoms with van der Waals surface area (Å²) in [5.41, 5.74) is 20.6. The summed E-state index contributed by atoms with van der Waals surface area (Å²) in [7, 11) is 0. The number of fused-ring (bicyclic) bond motifs is 2. The van der Waals surface area contributed by atoms with Crippen LogP contribution in [0.2, 0.25) is 0 Å². The lowest BCUT2D eigenvalue weighted by atomic mass is 9.99. The molecule has 2 heterocycles. The Bertz CT molecular complexity index is 1340. The molecule has 0 spiro atoms. The van der Waals surface area contributed by atoms with Gasteiger partial charge in [0.25, 0.3) is 5.91 Å². The summed E-state index contributed by atoms with van der Waals surface area (Å²) in [6.45, 7) is 3.74. The van der Waals surface area contributed by atoms with E-state index in [4.69, 9.17) is 16.3 Å². The van der Waals surface area contributed by atoms with Crippen LogP contribution in [-0.2, 0) is 22.7 Å². The Hall–Kier alpha value is -4.10. The van der Waals surface area contributed by atoms with Gasteiger partial charge in [-0.3, -0.25) is 9.63 Å². The van der Waals surface area contributed by atoms with Crippen LogP contribution in [0.25, 0.3) is 17.2 Å². The van der Waals surface area contributed by atoms with E-state index in [0.29, 0.717) is 23.6 Å². The number of nitrogens with zero attached hydrogens (tertiary/aromatic N) is 2. The van der Waals surface area contributed by atoms with E-state index in [1.807, 2.05) is 49.4 Å². The maximum Gasteiger partial charge on any atom is 0.273 e. The quantitative estimate of drug-likeness (QED) is 0.323. The zero-order valence-corrected chi connectivity index (χ0v) is 20.5. The van der Waals surface area contributed by atoms with Gasteiger partial charge in [0.1, 0.15) is 12.4 Å². The first kappa shape index (κ1) is 23.6. The lowest BCUT2D eigenvalue weighted by Gasteiger charge is -2.22. The van der Waals surface area contributed by atoms with E-state index in [1.54, 1.807) is 0 Å². The van der Waals surface area contributed by atoms with Crippen LogP contribution in [0.5, 0.6) is 0 Å². The fraction of sp³-hybridized carbons (Fsp3) is 0.241. The number of nitrogen functional groups attached to an aromatic ring is 1. The summed E-state index contributed by atoms with van der Waals surface area (Å²) in [6.07, 6.45) is 3.94. The van der Waals surface area contributed by atoms with E-state index in [0.717, 1.165) is 47.3 Å². The number of hydroxylamine groups is 2. The number of hydrogen-bond acceptors (Lipinski definition) is 6. The molecule has 7 heteroatoms. The van der Waals surface area contributed by atoms with Crippen molar-refractivity contribution in [2.75, 3.05) is 24.1 Å². The molecule has 5 rings (SSSR count). The second kappa shape index (κ2) is 10.3. The van der Waals surface area contributed by atoms with Crippen LogP contribution < -0.4 is 16.8 Å². The molecule has 2 aliphatic rings. The van der Waals surface area contributed by atoms with Crippen molar-refractivity contribution in [2.45, 2.75) is 32.8 Å². The van der Waals surface area contributed by atoms with Crippen molar-refractivity contribution in [1.29, 1.82) is 0 Å². The molecule has 0 unspecified atom stereocenters. The van der Waals surface area contributed by atoms with Gasteiger partial charge in [0, 0.05) is 42.0 Å². The van der Waals surface area contributed by atoms with E-state index in [9.17, 15) is 4.79 Å². The number of benzene rings is 3. The molecule has 3 aromatic carbocycles. The number of carbonyl (C=O) groups is 1. The Morgan fingerprint density at radius 3 is 2.64 bits per heavy atom. The van der Waals surface area contributed by atoms with Crippen molar-refractivity contribution < 1.29 is 9.63 Å². The van der Waals surface area contributed by atoms with Gasteiger partial charge in [-0.15, -0.1) is 0 Å². The van der Waals surface area contributed by atoms with Crippen LogP contribution in [-0.4, -0.2) is 29.9 Å². The zero-order valence-electron chi connectivity index (χ0n) is 20.5. The second-order valence-corrected chi connectivity index (χ2v) is 9.19. The molecule has 0 bridgehead atoms. The smallest absolute Gasteiger partial charge is 0.273 e. The Balaban J connectivity index is 1.39. The Kier molecular flexibility index (Phi) is 6.73. The average Bonchev–Trinajstić information content (AvgIpc) is 3.28. The number of nitrogens with two attached hydrogens (primary N) is 2. The highest BCUT2D eigenvalue weighted by Gasteiger charge is 2.22. The molecule has 0 saturated carbocycles. The van der Waals surface area contributed by atoms with Gasteiger partial charge in [-0.25, -0.2) is 10.1 Å². The minimum Gasteiger partial charge on any atom is -0.399 e. The molecule has 0 fully saturated rings. The fourth-order valence-corrected chi connectivity index (χ4v) is 4.55. The monoisotopic (exact) mass is 481 g/mol. The molecule has 0 aliphatic carbocycles. The number of amides is 1. The first-order chi connectivity index (χ1) is 17.5. The predicted molar refractivity (Wildman–Crippen MR) is 146 cm³/mol. The first-order valence-corrected chi connectivity index (χ1v) is 12.3. The fourth-order valence-electron chi connectivity index (χ4n) is 4.55.